The molecular weight excluding hydrogens is 600 g/mol. The fourth-order valence-electron chi connectivity index (χ4n) is 5.85. The van der Waals surface area contributed by atoms with E-state index in [0.29, 0.717) is 12.8 Å². The Morgan fingerprint density at radius 3 is 1.33 bits per heavy atom. The Hall–Kier alpha value is -1.44. The van der Waals surface area contributed by atoms with Gasteiger partial charge in [0.25, 0.3) is 0 Å². The smallest absolute Gasteiger partial charge is 0.145 e. The Morgan fingerprint density at radius 2 is 0.875 bits per heavy atom. The summed E-state index contributed by atoms with van der Waals surface area (Å²) in [6.45, 7) is 8.43. The van der Waals surface area contributed by atoms with E-state index in [1.807, 2.05) is 18.2 Å². The van der Waals surface area contributed by atoms with Crippen molar-refractivity contribution in [3.8, 4) is 0 Å². The molecule has 48 heavy (non-hydrogen) atoms. The van der Waals surface area contributed by atoms with Crippen molar-refractivity contribution in [3.05, 3.63) is 48.8 Å². The van der Waals surface area contributed by atoms with Crippen molar-refractivity contribution in [3.63, 3.8) is 0 Å². The molecule has 0 aromatic rings. The number of rotatable bonds is 34. The minimum Gasteiger partial charge on any atom is -0.498 e. The third kappa shape index (κ3) is 22.3. The molecular formula is C42H78O6. The van der Waals surface area contributed by atoms with Gasteiger partial charge in [-0.1, -0.05) is 167 Å². The monoisotopic (exact) mass is 679 g/mol. The van der Waals surface area contributed by atoms with Gasteiger partial charge < -0.3 is 30.3 Å². The van der Waals surface area contributed by atoms with E-state index in [-0.39, 0.29) is 6.61 Å². The Labute approximate surface area is 296 Å². The van der Waals surface area contributed by atoms with Gasteiger partial charge in [-0.25, -0.2) is 0 Å². The molecule has 0 aliphatic heterocycles. The molecule has 0 aromatic heterocycles. The van der Waals surface area contributed by atoms with Crippen LogP contribution in [0.2, 0.25) is 0 Å². The second-order valence-electron chi connectivity index (χ2n) is 13.9. The van der Waals surface area contributed by atoms with E-state index >= 15 is 0 Å². The molecule has 5 atom stereocenters. The average Bonchev–Trinajstić information content (AvgIpc) is 3.08. The molecule has 0 radical (unpaired) electrons. The van der Waals surface area contributed by atoms with E-state index in [1.165, 1.54) is 76.0 Å². The van der Waals surface area contributed by atoms with E-state index in [9.17, 15) is 25.5 Å². The van der Waals surface area contributed by atoms with E-state index in [1.54, 1.807) is 12.3 Å². The van der Waals surface area contributed by atoms with Crippen molar-refractivity contribution >= 4 is 0 Å². The van der Waals surface area contributed by atoms with Crippen LogP contribution in [0.4, 0.5) is 0 Å². The number of ether oxygens (including phenoxy) is 1. The molecule has 0 heterocycles. The van der Waals surface area contributed by atoms with Crippen molar-refractivity contribution in [1.29, 1.82) is 0 Å². The zero-order valence-electron chi connectivity index (χ0n) is 31.7. The largest absolute Gasteiger partial charge is 0.498 e. The van der Waals surface area contributed by atoms with E-state index in [2.05, 4.69) is 27.7 Å². The summed E-state index contributed by atoms with van der Waals surface area (Å²) in [5.74, 6) is 0. The predicted molar refractivity (Wildman–Crippen MR) is 204 cm³/mol. The third-order valence-corrected chi connectivity index (χ3v) is 9.27. The second-order valence-corrected chi connectivity index (χ2v) is 13.9. The Morgan fingerprint density at radius 1 is 0.479 bits per heavy atom. The number of allylic oxidation sites excluding steroid dienone is 4. The lowest BCUT2D eigenvalue weighted by Crippen LogP contribution is -2.62. The molecule has 6 heteroatoms. The molecule has 5 N–H and O–H groups in total. The highest BCUT2D eigenvalue weighted by molar-refractivity contribution is 5.20. The maximum absolute atomic E-state index is 11.8. The summed E-state index contributed by atoms with van der Waals surface area (Å²) >= 11 is 0. The van der Waals surface area contributed by atoms with Gasteiger partial charge in [-0.15, -0.1) is 0 Å². The van der Waals surface area contributed by atoms with Gasteiger partial charge in [-0.2, -0.15) is 0 Å². The lowest BCUT2D eigenvalue weighted by Gasteiger charge is -2.40. The van der Waals surface area contributed by atoms with Gasteiger partial charge in [0.2, 0.25) is 0 Å². The second kappa shape index (κ2) is 31.5. The van der Waals surface area contributed by atoms with Crippen molar-refractivity contribution in [2.24, 2.45) is 0 Å². The molecule has 0 aliphatic carbocycles. The summed E-state index contributed by atoms with van der Waals surface area (Å²) in [6, 6.07) is 0. The lowest BCUT2D eigenvalue weighted by atomic mass is 9.80. The van der Waals surface area contributed by atoms with Crippen molar-refractivity contribution in [2.45, 2.75) is 211 Å². The molecule has 0 aliphatic rings. The van der Waals surface area contributed by atoms with Crippen molar-refractivity contribution < 1.29 is 30.3 Å². The summed E-state index contributed by atoms with van der Waals surface area (Å²) in [5, 5.41) is 57.9. The van der Waals surface area contributed by atoms with Crippen molar-refractivity contribution in [2.75, 3.05) is 6.61 Å². The van der Waals surface area contributed by atoms with E-state index in [4.69, 9.17) is 4.74 Å². The highest BCUT2D eigenvalue weighted by Crippen LogP contribution is 2.29. The summed E-state index contributed by atoms with van der Waals surface area (Å²) in [6.07, 6.45) is 33.7. The van der Waals surface area contributed by atoms with Crippen LogP contribution < -0.4 is 0 Å². The summed E-state index contributed by atoms with van der Waals surface area (Å²) in [7, 11) is 0. The number of hydrogen-bond donors (Lipinski definition) is 5. The first-order chi connectivity index (χ1) is 23.2. The highest BCUT2D eigenvalue weighted by Gasteiger charge is 2.50. The van der Waals surface area contributed by atoms with Crippen molar-refractivity contribution in [1.82, 2.24) is 0 Å². The quantitative estimate of drug-likeness (QED) is 0.0263. The van der Waals surface area contributed by atoms with Crippen LogP contribution >= 0.6 is 0 Å². The van der Waals surface area contributed by atoms with Gasteiger partial charge in [-0.3, -0.25) is 0 Å². The van der Waals surface area contributed by atoms with Crippen LogP contribution in [0.15, 0.2) is 48.8 Å². The molecule has 6 nitrogen and oxygen atoms in total. The predicted octanol–water partition coefficient (Wildman–Crippen LogP) is 10.2. The number of unbranched alkanes of at least 4 members (excludes halogenated alkanes) is 20. The van der Waals surface area contributed by atoms with Crippen LogP contribution in [0.25, 0.3) is 0 Å². The Kier molecular flexibility index (Phi) is 30.6. The molecule has 0 aromatic carbocycles. The fraction of sp³-hybridized carbons (Fsp3) is 0.810. The van der Waals surface area contributed by atoms with Gasteiger partial charge in [0, 0.05) is 0 Å². The number of hydrogen-bond acceptors (Lipinski definition) is 6. The maximum Gasteiger partial charge on any atom is 0.145 e. The molecule has 0 fully saturated rings. The molecule has 0 amide bonds. The molecule has 0 spiro atoms. The molecule has 0 saturated heterocycles. The van der Waals surface area contributed by atoms with Crippen LogP contribution in [0.1, 0.15) is 182 Å². The molecule has 282 valence electrons. The van der Waals surface area contributed by atoms with Crippen LogP contribution in [0, 0.1) is 0 Å². The molecule has 0 saturated carbocycles. The maximum atomic E-state index is 11.8. The lowest BCUT2D eigenvalue weighted by molar-refractivity contribution is -0.185. The summed E-state index contributed by atoms with van der Waals surface area (Å²) in [4.78, 5) is 0. The van der Waals surface area contributed by atoms with Gasteiger partial charge in [0.05, 0.1) is 6.26 Å². The van der Waals surface area contributed by atoms with E-state index < -0.39 is 29.5 Å². The third-order valence-electron chi connectivity index (χ3n) is 9.27. The van der Waals surface area contributed by atoms with Gasteiger partial charge in [0.15, 0.2) is 0 Å². The topological polar surface area (TPSA) is 110 Å². The first-order valence-electron chi connectivity index (χ1n) is 20.0. The Balaban J connectivity index is 5.86. The highest BCUT2D eigenvalue weighted by atomic mass is 16.5. The normalized spacial score (nSPS) is 17.0. The first-order valence-corrected chi connectivity index (χ1v) is 20.0. The van der Waals surface area contributed by atoms with Crippen LogP contribution in [0.3, 0.4) is 0 Å². The van der Waals surface area contributed by atoms with Crippen LogP contribution in [0.5, 0.6) is 0 Å². The minimum absolute atomic E-state index is 0.301. The first kappa shape index (κ1) is 46.6. The fourth-order valence-corrected chi connectivity index (χ4v) is 5.85. The van der Waals surface area contributed by atoms with Crippen LogP contribution in [-0.4, -0.2) is 61.7 Å². The molecule has 0 bridgehead atoms. The zero-order valence-corrected chi connectivity index (χ0v) is 31.7. The number of aliphatic hydroxyl groups is 5. The molecule has 0 rings (SSSR count). The summed E-state index contributed by atoms with van der Waals surface area (Å²) < 4.78 is 5.72. The Bertz CT molecular complexity index is 823. The van der Waals surface area contributed by atoms with Crippen LogP contribution in [-0.2, 0) is 4.74 Å². The van der Waals surface area contributed by atoms with Gasteiger partial charge in [-0.05, 0) is 57.4 Å². The zero-order chi connectivity index (χ0) is 35.8. The standard InChI is InChI=1S/C42H78O6/c1-5-9-13-17-21-25-29-33-38(43)42(47,35-31-27-23-19-15-11-7-3)40(45)39(44)41(46,34-30-26-22-18-14-10-6-2)37-48-36-32-28-24-20-16-12-8-4/h29-36,38-40,43-47H,5-28,37H2,1-4H3. The SMILES string of the molecule is CCCCCCCC=COCC(O)(C=CCCCCCCC)C(O)C(O)C(O)(C=CCCCCCCC)C(O)C=CCCCCCCC. The number of aliphatic hydroxyl groups excluding tert-OH is 3. The van der Waals surface area contributed by atoms with E-state index in [0.717, 1.165) is 83.5 Å². The van der Waals surface area contributed by atoms with Gasteiger partial charge in [0.1, 0.15) is 36.1 Å². The summed E-state index contributed by atoms with van der Waals surface area (Å²) in [5.41, 5.74) is -4.20. The molecule has 5 unspecified atom stereocenters. The minimum atomic E-state index is -2.21. The van der Waals surface area contributed by atoms with Gasteiger partial charge >= 0.3 is 0 Å². The average molecular weight is 679 g/mol.